The molecule has 0 aliphatic rings. The first-order chi connectivity index (χ1) is 6.72. The van der Waals surface area contributed by atoms with Crippen LogP contribution < -0.4 is 0 Å². The van der Waals surface area contributed by atoms with E-state index in [1.54, 1.807) is 10.9 Å². The minimum Gasteiger partial charge on any atom is -0.390 e. The van der Waals surface area contributed by atoms with Crippen LogP contribution in [0.3, 0.4) is 0 Å². The molecule has 1 heterocycles. The fraction of sp³-hybridized carbons (Fsp3) is 0.700. The molecule has 0 fully saturated rings. The molecule has 4 nitrogen and oxygen atoms in total. The average molecular weight is 198 g/mol. The Bertz CT molecular complexity index is 260. The molecule has 0 radical (unpaired) electrons. The van der Waals surface area contributed by atoms with Gasteiger partial charge in [0.25, 0.3) is 0 Å². The van der Waals surface area contributed by atoms with E-state index in [1.807, 2.05) is 20.2 Å². The van der Waals surface area contributed by atoms with Crippen LogP contribution >= 0.6 is 0 Å². The third-order valence-electron chi connectivity index (χ3n) is 1.89. The summed E-state index contributed by atoms with van der Waals surface area (Å²) in [6, 6.07) is 0. The summed E-state index contributed by atoms with van der Waals surface area (Å²) >= 11 is 0. The largest absolute Gasteiger partial charge is 0.390 e. The summed E-state index contributed by atoms with van der Waals surface area (Å²) in [5.41, 5.74) is 1.04. The maximum Gasteiger partial charge on any atom is 0.0815 e. The Morgan fingerprint density at radius 2 is 2.43 bits per heavy atom. The maximum atomic E-state index is 9.58. The molecule has 0 spiro atoms. The number of ether oxygens (including phenoxy) is 1. The van der Waals surface area contributed by atoms with E-state index < -0.39 is 6.10 Å². The van der Waals surface area contributed by atoms with Gasteiger partial charge in [0.1, 0.15) is 0 Å². The van der Waals surface area contributed by atoms with Crippen LogP contribution in [0.25, 0.3) is 0 Å². The van der Waals surface area contributed by atoms with E-state index in [9.17, 15) is 5.11 Å². The van der Waals surface area contributed by atoms with Gasteiger partial charge in [-0.3, -0.25) is 4.68 Å². The van der Waals surface area contributed by atoms with Crippen molar-refractivity contribution in [3.63, 3.8) is 0 Å². The Balaban J connectivity index is 2.23. The van der Waals surface area contributed by atoms with Crippen molar-refractivity contribution >= 4 is 0 Å². The topological polar surface area (TPSA) is 47.3 Å². The van der Waals surface area contributed by atoms with Crippen molar-refractivity contribution in [1.29, 1.82) is 0 Å². The van der Waals surface area contributed by atoms with Crippen LogP contribution in [0.15, 0.2) is 12.4 Å². The Morgan fingerprint density at radius 3 is 3.00 bits per heavy atom. The molecule has 1 N–H and O–H groups in total. The SMILES string of the molecule is CCCOCC(O)Cc1cnn(C)c1. The highest BCUT2D eigenvalue weighted by molar-refractivity contribution is 5.04. The zero-order valence-electron chi connectivity index (χ0n) is 8.81. The van der Waals surface area contributed by atoms with E-state index in [0.717, 1.165) is 12.0 Å². The van der Waals surface area contributed by atoms with Crippen LogP contribution in [0.2, 0.25) is 0 Å². The molecule has 0 saturated heterocycles. The fourth-order valence-corrected chi connectivity index (χ4v) is 1.27. The molecule has 14 heavy (non-hydrogen) atoms. The minimum absolute atomic E-state index is 0.405. The first kappa shape index (κ1) is 11.2. The van der Waals surface area contributed by atoms with Crippen molar-refractivity contribution in [1.82, 2.24) is 9.78 Å². The molecule has 1 atom stereocenters. The summed E-state index contributed by atoms with van der Waals surface area (Å²) in [7, 11) is 1.86. The van der Waals surface area contributed by atoms with Crippen LogP contribution in [0.1, 0.15) is 18.9 Å². The minimum atomic E-state index is -0.425. The van der Waals surface area contributed by atoms with E-state index >= 15 is 0 Å². The van der Waals surface area contributed by atoms with Gasteiger partial charge < -0.3 is 9.84 Å². The van der Waals surface area contributed by atoms with Gasteiger partial charge in [-0.05, 0) is 12.0 Å². The predicted molar refractivity (Wildman–Crippen MR) is 54.0 cm³/mol. The van der Waals surface area contributed by atoms with Gasteiger partial charge in [0.15, 0.2) is 0 Å². The van der Waals surface area contributed by atoms with E-state index in [2.05, 4.69) is 5.10 Å². The number of rotatable bonds is 6. The number of nitrogens with zero attached hydrogens (tertiary/aromatic N) is 2. The van der Waals surface area contributed by atoms with Gasteiger partial charge in [-0.2, -0.15) is 5.10 Å². The molecule has 1 rings (SSSR count). The van der Waals surface area contributed by atoms with Gasteiger partial charge in [-0.15, -0.1) is 0 Å². The van der Waals surface area contributed by atoms with Gasteiger partial charge in [0, 0.05) is 26.3 Å². The van der Waals surface area contributed by atoms with E-state index in [4.69, 9.17) is 4.74 Å². The highest BCUT2D eigenvalue weighted by Gasteiger charge is 2.06. The molecule has 4 heteroatoms. The first-order valence-corrected chi connectivity index (χ1v) is 4.95. The van der Waals surface area contributed by atoms with Crippen LogP contribution in [0.4, 0.5) is 0 Å². The van der Waals surface area contributed by atoms with Crippen LogP contribution in [-0.4, -0.2) is 34.2 Å². The Morgan fingerprint density at radius 1 is 1.64 bits per heavy atom. The number of aliphatic hydroxyl groups excluding tert-OH is 1. The van der Waals surface area contributed by atoms with Gasteiger partial charge in [0.05, 0.1) is 18.9 Å². The number of aromatic nitrogens is 2. The molecule has 80 valence electrons. The summed E-state index contributed by atoms with van der Waals surface area (Å²) in [5, 5.41) is 13.6. The molecule has 0 aromatic carbocycles. The first-order valence-electron chi connectivity index (χ1n) is 4.95. The molecule has 1 unspecified atom stereocenters. The quantitative estimate of drug-likeness (QED) is 0.686. The zero-order valence-corrected chi connectivity index (χ0v) is 8.81. The summed E-state index contributed by atoms with van der Waals surface area (Å²) in [6.07, 6.45) is 4.84. The van der Waals surface area contributed by atoms with Gasteiger partial charge >= 0.3 is 0 Å². The number of hydrogen-bond donors (Lipinski definition) is 1. The van der Waals surface area contributed by atoms with Crippen LogP contribution in [-0.2, 0) is 18.2 Å². The van der Waals surface area contributed by atoms with Crippen LogP contribution in [0.5, 0.6) is 0 Å². The number of aryl methyl sites for hydroxylation is 1. The molecule has 0 saturated carbocycles. The summed E-state index contributed by atoms with van der Waals surface area (Å²) in [6.45, 7) is 3.17. The van der Waals surface area contributed by atoms with Crippen molar-refractivity contribution < 1.29 is 9.84 Å². The van der Waals surface area contributed by atoms with Crippen molar-refractivity contribution in [2.45, 2.75) is 25.9 Å². The maximum absolute atomic E-state index is 9.58. The molecular weight excluding hydrogens is 180 g/mol. The Kier molecular flexibility index (Phi) is 4.62. The van der Waals surface area contributed by atoms with Gasteiger partial charge in [-0.25, -0.2) is 0 Å². The standard InChI is InChI=1S/C10H18N2O2/c1-3-4-14-8-10(13)5-9-6-11-12(2)7-9/h6-7,10,13H,3-5,8H2,1-2H3. The lowest BCUT2D eigenvalue weighted by Gasteiger charge is -2.09. The highest BCUT2D eigenvalue weighted by atomic mass is 16.5. The van der Waals surface area contributed by atoms with Crippen LogP contribution in [0, 0.1) is 0 Å². The molecule has 1 aromatic rings. The smallest absolute Gasteiger partial charge is 0.0815 e. The molecule has 0 bridgehead atoms. The van der Waals surface area contributed by atoms with Crippen molar-refractivity contribution in [2.24, 2.45) is 7.05 Å². The fourth-order valence-electron chi connectivity index (χ4n) is 1.27. The lowest BCUT2D eigenvalue weighted by Crippen LogP contribution is -2.18. The zero-order chi connectivity index (χ0) is 10.4. The number of hydrogen-bond acceptors (Lipinski definition) is 3. The normalized spacial score (nSPS) is 13.1. The molecule has 0 amide bonds. The lowest BCUT2D eigenvalue weighted by atomic mass is 10.2. The Labute approximate surface area is 84.5 Å². The lowest BCUT2D eigenvalue weighted by molar-refractivity contribution is 0.0374. The molecule has 0 aliphatic heterocycles. The highest BCUT2D eigenvalue weighted by Crippen LogP contribution is 2.02. The second-order valence-corrected chi connectivity index (χ2v) is 3.46. The molecule has 1 aromatic heterocycles. The third-order valence-corrected chi connectivity index (χ3v) is 1.89. The summed E-state index contributed by atoms with van der Waals surface area (Å²) in [5.74, 6) is 0. The average Bonchev–Trinajstić information content (AvgIpc) is 2.52. The Hall–Kier alpha value is -0.870. The molecular formula is C10H18N2O2. The van der Waals surface area contributed by atoms with E-state index in [1.165, 1.54) is 0 Å². The van der Waals surface area contributed by atoms with Crippen molar-refractivity contribution in [3.8, 4) is 0 Å². The third kappa shape index (κ3) is 3.89. The van der Waals surface area contributed by atoms with Crippen molar-refractivity contribution in [2.75, 3.05) is 13.2 Å². The van der Waals surface area contributed by atoms with Gasteiger partial charge in [-0.1, -0.05) is 6.92 Å². The predicted octanol–water partition coefficient (Wildman–Crippen LogP) is 0.750. The number of aliphatic hydroxyl groups is 1. The summed E-state index contributed by atoms with van der Waals surface area (Å²) < 4.78 is 6.98. The van der Waals surface area contributed by atoms with E-state index in [0.29, 0.717) is 19.6 Å². The molecule has 0 aliphatic carbocycles. The second-order valence-electron chi connectivity index (χ2n) is 3.46. The summed E-state index contributed by atoms with van der Waals surface area (Å²) in [4.78, 5) is 0. The monoisotopic (exact) mass is 198 g/mol. The van der Waals surface area contributed by atoms with E-state index in [-0.39, 0.29) is 0 Å². The van der Waals surface area contributed by atoms with Gasteiger partial charge in [0.2, 0.25) is 0 Å². The van der Waals surface area contributed by atoms with Crippen molar-refractivity contribution in [3.05, 3.63) is 18.0 Å². The second kappa shape index (κ2) is 5.78.